The van der Waals surface area contributed by atoms with Gasteiger partial charge in [0.2, 0.25) is 0 Å². The predicted molar refractivity (Wildman–Crippen MR) is 102 cm³/mol. The Hall–Kier alpha value is -2.54. The van der Waals surface area contributed by atoms with Gasteiger partial charge in [0.25, 0.3) is 5.91 Å². The Morgan fingerprint density at radius 1 is 1.07 bits per heavy atom. The minimum atomic E-state index is -0.428. The van der Waals surface area contributed by atoms with Crippen molar-refractivity contribution < 1.29 is 23.8 Å². The lowest BCUT2D eigenvalue weighted by atomic mass is 9.96. The van der Waals surface area contributed by atoms with Gasteiger partial charge in [0.1, 0.15) is 0 Å². The zero-order valence-corrected chi connectivity index (χ0v) is 15.7. The Kier molecular flexibility index (Phi) is 5.29. The maximum atomic E-state index is 12.3. The van der Waals surface area contributed by atoms with E-state index in [-0.39, 0.29) is 12.5 Å². The van der Waals surface area contributed by atoms with E-state index >= 15 is 0 Å². The van der Waals surface area contributed by atoms with Crippen LogP contribution in [-0.4, -0.2) is 31.7 Å². The van der Waals surface area contributed by atoms with Crippen molar-refractivity contribution >= 4 is 28.9 Å². The maximum Gasteiger partial charge on any atom is 0.339 e. The van der Waals surface area contributed by atoms with Gasteiger partial charge in [-0.3, -0.25) is 4.79 Å². The number of nitrogens with one attached hydrogen (secondary N) is 1. The van der Waals surface area contributed by atoms with E-state index in [4.69, 9.17) is 14.2 Å². The van der Waals surface area contributed by atoms with Gasteiger partial charge < -0.3 is 19.5 Å². The lowest BCUT2D eigenvalue weighted by molar-refractivity contribution is -0.119. The molecule has 1 aromatic carbocycles. The van der Waals surface area contributed by atoms with Gasteiger partial charge in [-0.05, 0) is 43.4 Å². The quantitative estimate of drug-likeness (QED) is 0.812. The molecule has 2 heterocycles. The Balaban J connectivity index is 1.34. The van der Waals surface area contributed by atoms with E-state index < -0.39 is 5.97 Å². The fourth-order valence-corrected chi connectivity index (χ4v) is 4.43. The summed E-state index contributed by atoms with van der Waals surface area (Å²) in [6.07, 6.45) is 5.01. The highest BCUT2D eigenvalue weighted by Crippen LogP contribution is 2.32. The van der Waals surface area contributed by atoms with Crippen molar-refractivity contribution in [3.8, 4) is 11.5 Å². The monoisotopic (exact) mass is 387 g/mol. The van der Waals surface area contributed by atoms with Crippen LogP contribution in [0.4, 0.5) is 5.69 Å². The number of hydrogen-bond donors (Lipinski definition) is 1. The topological polar surface area (TPSA) is 73.9 Å². The molecule has 142 valence electrons. The number of hydrogen-bond acceptors (Lipinski definition) is 6. The van der Waals surface area contributed by atoms with Crippen LogP contribution < -0.4 is 14.8 Å². The predicted octanol–water partition coefficient (Wildman–Crippen LogP) is 3.58. The number of esters is 1. The minimum Gasteiger partial charge on any atom is -0.490 e. The molecule has 27 heavy (non-hydrogen) atoms. The molecule has 7 heteroatoms. The van der Waals surface area contributed by atoms with Gasteiger partial charge in [0.05, 0.1) is 18.8 Å². The molecule has 2 aliphatic rings. The van der Waals surface area contributed by atoms with Gasteiger partial charge >= 0.3 is 5.97 Å². The molecule has 6 nitrogen and oxygen atoms in total. The summed E-state index contributed by atoms with van der Waals surface area (Å²) in [6.45, 7) is 0.867. The molecule has 0 atom stereocenters. The molecule has 0 radical (unpaired) electrons. The second-order valence-electron chi connectivity index (χ2n) is 6.59. The molecule has 0 unspecified atom stereocenters. The van der Waals surface area contributed by atoms with Crippen LogP contribution in [-0.2, 0) is 22.4 Å². The van der Waals surface area contributed by atoms with Crippen LogP contribution in [0.5, 0.6) is 11.5 Å². The second kappa shape index (κ2) is 8.00. The van der Waals surface area contributed by atoms with Crippen LogP contribution in [0.2, 0.25) is 0 Å². The van der Waals surface area contributed by atoms with E-state index in [0.29, 0.717) is 36.0 Å². The molecule has 0 saturated carbocycles. The number of carbonyl (C=O) groups is 2. The van der Waals surface area contributed by atoms with E-state index in [1.54, 1.807) is 29.5 Å². The lowest BCUT2D eigenvalue weighted by Crippen LogP contribution is -2.21. The van der Waals surface area contributed by atoms with Gasteiger partial charge in [0.15, 0.2) is 18.1 Å². The fourth-order valence-electron chi connectivity index (χ4n) is 3.31. The first kappa shape index (κ1) is 17.9. The molecule has 1 N–H and O–H groups in total. The van der Waals surface area contributed by atoms with Crippen molar-refractivity contribution in [1.82, 2.24) is 0 Å². The summed E-state index contributed by atoms with van der Waals surface area (Å²) in [5.74, 6) is 0.455. The van der Waals surface area contributed by atoms with Crippen LogP contribution in [0.3, 0.4) is 0 Å². The summed E-state index contributed by atoms with van der Waals surface area (Å²) in [6, 6.07) is 5.22. The summed E-state index contributed by atoms with van der Waals surface area (Å²) in [4.78, 5) is 25.8. The Morgan fingerprint density at radius 2 is 1.89 bits per heavy atom. The fraction of sp³-hybridized carbons (Fsp3) is 0.400. The van der Waals surface area contributed by atoms with Crippen molar-refractivity contribution in [2.45, 2.75) is 32.1 Å². The van der Waals surface area contributed by atoms with Crippen molar-refractivity contribution in [2.75, 3.05) is 25.1 Å². The molecular weight excluding hydrogens is 366 g/mol. The third-order valence-corrected chi connectivity index (χ3v) is 5.74. The van der Waals surface area contributed by atoms with Gasteiger partial charge in [-0.25, -0.2) is 4.79 Å². The summed E-state index contributed by atoms with van der Waals surface area (Å²) in [7, 11) is 0. The largest absolute Gasteiger partial charge is 0.490 e. The molecule has 0 fully saturated rings. The van der Waals surface area contributed by atoms with Gasteiger partial charge in [0, 0.05) is 28.4 Å². The molecule has 1 aromatic heterocycles. The first-order valence-corrected chi connectivity index (χ1v) is 10.0. The molecule has 1 amide bonds. The molecule has 0 spiro atoms. The number of benzene rings is 1. The van der Waals surface area contributed by atoms with Crippen LogP contribution in [0, 0.1) is 0 Å². The number of anilines is 1. The van der Waals surface area contributed by atoms with Crippen molar-refractivity contribution in [3.05, 3.63) is 39.6 Å². The summed E-state index contributed by atoms with van der Waals surface area (Å²) < 4.78 is 16.4. The number of ether oxygens (including phenoxy) is 3. The molecule has 1 aliphatic carbocycles. The van der Waals surface area contributed by atoms with Crippen LogP contribution in [0.15, 0.2) is 23.6 Å². The molecule has 0 bridgehead atoms. The molecule has 0 saturated heterocycles. The van der Waals surface area contributed by atoms with Gasteiger partial charge in [-0.2, -0.15) is 0 Å². The van der Waals surface area contributed by atoms with E-state index in [9.17, 15) is 9.59 Å². The van der Waals surface area contributed by atoms with E-state index in [2.05, 4.69) is 5.32 Å². The van der Waals surface area contributed by atoms with Gasteiger partial charge in [-0.15, -0.1) is 11.3 Å². The molecule has 4 rings (SSSR count). The van der Waals surface area contributed by atoms with Crippen LogP contribution >= 0.6 is 11.3 Å². The average Bonchev–Trinajstić information content (AvgIpc) is 2.97. The summed E-state index contributed by atoms with van der Waals surface area (Å²) in [5, 5.41) is 4.57. The number of carbonyl (C=O) groups excluding carboxylic acids is 2. The second-order valence-corrected chi connectivity index (χ2v) is 7.56. The van der Waals surface area contributed by atoms with Crippen LogP contribution in [0.1, 0.15) is 40.1 Å². The first-order valence-electron chi connectivity index (χ1n) is 9.16. The van der Waals surface area contributed by atoms with Crippen LogP contribution in [0.25, 0.3) is 0 Å². The third kappa shape index (κ3) is 4.08. The van der Waals surface area contributed by atoms with Gasteiger partial charge in [-0.1, -0.05) is 0 Å². The number of aryl methyl sites for hydroxylation is 1. The molecular formula is C20H21NO5S. The van der Waals surface area contributed by atoms with Crippen molar-refractivity contribution in [3.63, 3.8) is 0 Å². The highest BCUT2D eigenvalue weighted by Gasteiger charge is 2.21. The Bertz CT molecular complexity index is 860. The summed E-state index contributed by atoms with van der Waals surface area (Å²) in [5.41, 5.74) is 2.28. The number of fused-ring (bicyclic) bond motifs is 2. The lowest BCUT2D eigenvalue weighted by Gasteiger charge is -2.13. The smallest absolute Gasteiger partial charge is 0.339 e. The number of thiophene rings is 1. The number of amides is 1. The van der Waals surface area contributed by atoms with Crippen molar-refractivity contribution in [1.29, 1.82) is 0 Å². The highest BCUT2D eigenvalue weighted by atomic mass is 32.1. The Labute approximate surface area is 161 Å². The maximum absolute atomic E-state index is 12.3. The third-order valence-electron chi connectivity index (χ3n) is 4.65. The Morgan fingerprint density at radius 3 is 2.78 bits per heavy atom. The normalized spacial score (nSPS) is 15.4. The van der Waals surface area contributed by atoms with Crippen molar-refractivity contribution in [2.24, 2.45) is 0 Å². The van der Waals surface area contributed by atoms with E-state index in [0.717, 1.165) is 31.2 Å². The van der Waals surface area contributed by atoms with E-state index in [1.165, 1.54) is 11.3 Å². The highest BCUT2D eigenvalue weighted by molar-refractivity contribution is 7.10. The molecule has 1 aliphatic heterocycles. The standard InChI is InChI=1S/C20H21NO5S/c22-19(21-13-6-7-16-17(10-13)25-9-3-8-24-16)11-26-20(23)15-12-27-18-5-2-1-4-14(15)18/h6-7,10,12H,1-5,8-9,11H2,(H,21,22). The summed E-state index contributed by atoms with van der Waals surface area (Å²) >= 11 is 1.60. The number of rotatable bonds is 4. The zero-order valence-electron chi connectivity index (χ0n) is 14.9. The first-order chi connectivity index (χ1) is 13.2. The van der Waals surface area contributed by atoms with E-state index in [1.807, 2.05) is 5.38 Å². The zero-order chi connectivity index (χ0) is 18.6. The average molecular weight is 387 g/mol. The molecule has 2 aromatic rings. The minimum absolute atomic E-state index is 0.322. The SMILES string of the molecule is O=C(COC(=O)c1csc2c1CCCC2)Nc1ccc2c(c1)OCCCO2.